The van der Waals surface area contributed by atoms with Gasteiger partial charge in [0.15, 0.2) is 0 Å². The molecule has 1 aromatic heterocycles. The third-order valence-corrected chi connectivity index (χ3v) is 2.45. The van der Waals surface area contributed by atoms with Crippen LogP contribution in [0.1, 0.15) is 10.3 Å². The number of carbonyl (C=O) groups is 1. The molecule has 1 unspecified atom stereocenters. The van der Waals surface area contributed by atoms with Crippen molar-refractivity contribution in [1.29, 1.82) is 0 Å². The predicted octanol–water partition coefficient (Wildman–Crippen LogP) is 1.60. The molecule has 0 N–H and O–H groups in total. The van der Waals surface area contributed by atoms with Gasteiger partial charge < -0.3 is 4.74 Å². The molecule has 1 rings (SSSR count). The number of halogens is 1. The van der Waals surface area contributed by atoms with E-state index in [1.807, 2.05) is 0 Å². The van der Waals surface area contributed by atoms with E-state index < -0.39 is 0 Å². The average Bonchev–Trinajstić information content (AvgIpc) is 2.52. The highest BCUT2D eigenvalue weighted by Gasteiger charge is 2.08. The highest BCUT2D eigenvalue weighted by Crippen LogP contribution is 2.23. The fourth-order valence-corrected chi connectivity index (χ4v) is 1.45. The van der Waals surface area contributed by atoms with Gasteiger partial charge in [-0.3, -0.25) is 9.78 Å². The Balaban J connectivity index is 2.42. The van der Waals surface area contributed by atoms with Crippen LogP contribution in [-0.4, -0.2) is 18.1 Å². The van der Waals surface area contributed by atoms with Crippen LogP contribution in [0.3, 0.4) is 0 Å². The number of ether oxygens (including phenoxy) is 1. The van der Waals surface area contributed by atoms with Gasteiger partial charge in [0.2, 0.25) is 0 Å². The Bertz CT molecular complexity index is 214. The van der Waals surface area contributed by atoms with Gasteiger partial charge in [-0.1, -0.05) is 0 Å². The maximum Gasteiger partial charge on any atom is 0.293 e. The SMILES string of the molecule is O=COCC(Cl)c1cncs1. The molecule has 0 fully saturated rings. The molecule has 0 aliphatic carbocycles. The zero-order valence-electron chi connectivity index (χ0n) is 5.57. The first-order valence-corrected chi connectivity index (χ1v) is 4.24. The van der Waals surface area contributed by atoms with E-state index in [2.05, 4.69) is 9.72 Å². The van der Waals surface area contributed by atoms with E-state index in [0.717, 1.165) is 4.88 Å². The Hall–Kier alpha value is -0.610. The van der Waals surface area contributed by atoms with Gasteiger partial charge in [0.25, 0.3) is 6.47 Å². The Morgan fingerprint density at radius 3 is 3.27 bits per heavy atom. The quantitative estimate of drug-likeness (QED) is 0.536. The van der Waals surface area contributed by atoms with Crippen molar-refractivity contribution in [1.82, 2.24) is 4.98 Å². The Kier molecular flexibility index (Phi) is 3.32. The number of rotatable bonds is 4. The molecule has 60 valence electrons. The molecule has 0 saturated carbocycles. The molecular formula is C6H6ClNO2S. The molecule has 3 nitrogen and oxygen atoms in total. The lowest BCUT2D eigenvalue weighted by Crippen LogP contribution is -1.98. The summed E-state index contributed by atoms with van der Waals surface area (Å²) in [6, 6.07) is 0. The van der Waals surface area contributed by atoms with Gasteiger partial charge in [0.1, 0.15) is 12.0 Å². The molecule has 0 spiro atoms. The molecule has 11 heavy (non-hydrogen) atoms. The number of alkyl halides is 1. The van der Waals surface area contributed by atoms with Crippen molar-refractivity contribution < 1.29 is 9.53 Å². The van der Waals surface area contributed by atoms with Crippen LogP contribution < -0.4 is 0 Å². The third kappa shape index (κ3) is 2.48. The van der Waals surface area contributed by atoms with Gasteiger partial charge in [-0.05, 0) is 0 Å². The Morgan fingerprint density at radius 1 is 1.91 bits per heavy atom. The standard InChI is InChI=1S/C6H6ClNO2S/c7-5(2-10-4-9)6-1-8-3-11-6/h1,3-5H,2H2. The van der Waals surface area contributed by atoms with Crippen molar-refractivity contribution >= 4 is 29.4 Å². The molecule has 0 aliphatic heterocycles. The van der Waals surface area contributed by atoms with Crippen molar-refractivity contribution in [3.05, 3.63) is 16.6 Å². The van der Waals surface area contributed by atoms with Crippen molar-refractivity contribution in [3.63, 3.8) is 0 Å². The van der Waals surface area contributed by atoms with Crippen molar-refractivity contribution in [2.75, 3.05) is 6.61 Å². The van der Waals surface area contributed by atoms with Gasteiger partial charge in [-0.15, -0.1) is 22.9 Å². The van der Waals surface area contributed by atoms with E-state index in [9.17, 15) is 4.79 Å². The minimum atomic E-state index is -0.271. The van der Waals surface area contributed by atoms with Crippen LogP contribution in [0.4, 0.5) is 0 Å². The van der Waals surface area contributed by atoms with Gasteiger partial charge in [-0.2, -0.15) is 0 Å². The number of carbonyl (C=O) groups excluding carboxylic acids is 1. The fraction of sp³-hybridized carbons (Fsp3) is 0.333. The van der Waals surface area contributed by atoms with Crippen molar-refractivity contribution in [2.45, 2.75) is 5.38 Å². The van der Waals surface area contributed by atoms with E-state index in [4.69, 9.17) is 11.6 Å². The summed E-state index contributed by atoms with van der Waals surface area (Å²) in [6.07, 6.45) is 1.66. The van der Waals surface area contributed by atoms with Crippen LogP contribution in [0.5, 0.6) is 0 Å². The first kappa shape index (κ1) is 8.49. The van der Waals surface area contributed by atoms with Crippen LogP contribution in [0, 0.1) is 0 Å². The lowest BCUT2D eigenvalue weighted by molar-refractivity contribution is -0.128. The highest BCUT2D eigenvalue weighted by atomic mass is 35.5. The van der Waals surface area contributed by atoms with Gasteiger partial charge in [0, 0.05) is 11.1 Å². The van der Waals surface area contributed by atoms with E-state index >= 15 is 0 Å². The Morgan fingerprint density at radius 2 is 2.73 bits per heavy atom. The maximum absolute atomic E-state index is 9.79. The summed E-state index contributed by atoms with van der Waals surface area (Å²) in [7, 11) is 0. The molecule has 0 amide bonds. The van der Waals surface area contributed by atoms with Gasteiger partial charge in [-0.25, -0.2) is 0 Å². The summed E-state index contributed by atoms with van der Waals surface area (Å²) in [5, 5.41) is -0.271. The number of aromatic nitrogens is 1. The molecule has 0 aliphatic rings. The van der Waals surface area contributed by atoms with Crippen LogP contribution in [0.25, 0.3) is 0 Å². The second kappa shape index (κ2) is 4.31. The number of hydrogen-bond donors (Lipinski definition) is 0. The second-order valence-electron chi connectivity index (χ2n) is 1.80. The highest BCUT2D eigenvalue weighted by molar-refractivity contribution is 7.09. The summed E-state index contributed by atoms with van der Waals surface area (Å²) in [5.41, 5.74) is 1.69. The third-order valence-electron chi connectivity index (χ3n) is 1.07. The topological polar surface area (TPSA) is 39.2 Å². The lowest BCUT2D eigenvalue weighted by Gasteiger charge is -2.02. The predicted molar refractivity (Wildman–Crippen MR) is 42.7 cm³/mol. The van der Waals surface area contributed by atoms with Crippen LogP contribution in [-0.2, 0) is 9.53 Å². The smallest absolute Gasteiger partial charge is 0.293 e. The summed E-state index contributed by atoms with van der Waals surface area (Å²) in [5.74, 6) is 0. The normalized spacial score (nSPS) is 12.5. The van der Waals surface area contributed by atoms with Crippen LogP contribution >= 0.6 is 22.9 Å². The second-order valence-corrected chi connectivity index (χ2v) is 3.25. The molecule has 0 aromatic carbocycles. The zero-order chi connectivity index (χ0) is 8.10. The molecule has 1 aromatic rings. The molecule has 0 bridgehead atoms. The minimum absolute atomic E-state index is 0.202. The molecule has 0 radical (unpaired) electrons. The van der Waals surface area contributed by atoms with Crippen molar-refractivity contribution in [2.24, 2.45) is 0 Å². The number of thiazole rings is 1. The molecule has 5 heteroatoms. The maximum atomic E-state index is 9.79. The van der Waals surface area contributed by atoms with Gasteiger partial charge >= 0.3 is 0 Å². The summed E-state index contributed by atoms with van der Waals surface area (Å²) in [6.45, 7) is 0.587. The monoisotopic (exact) mass is 191 g/mol. The Labute approximate surface area is 73.0 Å². The fourth-order valence-electron chi connectivity index (χ4n) is 0.586. The minimum Gasteiger partial charge on any atom is -0.466 e. The first-order chi connectivity index (χ1) is 5.34. The summed E-state index contributed by atoms with van der Waals surface area (Å²) in [4.78, 5) is 14.5. The van der Waals surface area contributed by atoms with E-state index in [1.54, 1.807) is 11.7 Å². The first-order valence-electron chi connectivity index (χ1n) is 2.92. The van der Waals surface area contributed by atoms with E-state index in [1.165, 1.54) is 11.3 Å². The molecule has 1 atom stereocenters. The molecular weight excluding hydrogens is 186 g/mol. The van der Waals surface area contributed by atoms with Crippen LogP contribution in [0.2, 0.25) is 0 Å². The molecule has 1 heterocycles. The lowest BCUT2D eigenvalue weighted by atomic mass is 10.4. The van der Waals surface area contributed by atoms with Crippen molar-refractivity contribution in [3.8, 4) is 0 Å². The number of hydrogen-bond acceptors (Lipinski definition) is 4. The number of nitrogens with zero attached hydrogens (tertiary/aromatic N) is 1. The van der Waals surface area contributed by atoms with E-state index in [0.29, 0.717) is 6.47 Å². The van der Waals surface area contributed by atoms with Gasteiger partial charge in [0.05, 0.1) is 5.51 Å². The largest absolute Gasteiger partial charge is 0.466 e. The molecule has 0 saturated heterocycles. The summed E-state index contributed by atoms with van der Waals surface area (Å²) >= 11 is 7.26. The average molecular weight is 192 g/mol. The van der Waals surface area contributed by atoms with Crippen LogP contribution in [0.15, 0.2) is 11.7 Å². The summed E-state index contributed by atoms with van der Waals surface area (Å²) < 4.78 is 4.49. The zero-order valence-corrected chi connectivity index (χ0v) is 7.14. The van der Waals surface area contributed by atoms with E-state index in [-0.39, 0.29) is 12.0 Å².